The Kier molecular flexibility index (Phi) is 4.16. The Morgan fingerprint density at radius 3 is 2.96 bits per heavy atom. The molecule has 1 aliphatic rings. The van der Waals surface area contributed by atoms with Crippen molar-refractivity contribution < 1.29 is 4.79 Å². The highest BCUT2D eigenvalue weighted by atomic mass is 16.2. The smallest absolute Gasteiger partial charge is 0.230 e. The fourth-order valence-corrected chi connectivity index (χ4v) is 3.24. The van der Waals surface area contributed by atoms with Gasteiger partial charge in [0.2, 0.25) is 5.91 Å². The average molecular weight is 358 g/mol. The van der Waals surface area contributed by atoms with Crippen LogP contribution >= 0.6 is 0 Å². The summed E-state index contributed by atoms with van der Waals surface area (Å²) < 4.78 is 0. The summed E-state index contributed by atoms with van der Waals surface area (Å²) >= 11 is 0. The van der Waals surface area contributed by atoms with Crippen molar-refractivity contribution in [3.8, 4) is 17.2 Å². The lowest BCUT2D eigenvalue weighted by molar-refractivity contribution is -0.117. The number of nitriles is 1. The SMILES string of the molecule is CCc1ccncc1-c1cc(N)c2nnc(NC(=O)C3CC3C#N)cc2c1. The van der Waals surface area contributed by atoms with E-state index in [9.17, 15) is 4.79 Å². The zero-order valence-corrected chi connectivity index (χ0v) is 14.8. The van der Waals surface area contributed by atoms with E-state index >= 15 is 0 Å². The van der Waals surface area contributed by atoms with Crippen LogP contribution in [-0.4, -0.2) is 21.1 Å². The molecule has 1 aliphatic carbocycles. The van der Waals surface area contributed by atoms with Crippen LogP contribution in [0.1, 0.15) is 18.9 Å². The fraction of sp³-hybridized carbons (Fsp3) is 0.250. The number of nitrogens with two attached hydrogens (primary N) is 1. The summed E-state index contributed by atoms with van der Waals surface area (Å²) in [7, 11) is 0. The van der Waals surface area contributed by atoms with E-state index in [2.05, 4.69) is 33.5 Å². The van der Waals surface area contributed by atoms with E-state index in [1.165, 1.54) is 5.56 Å². The van der Waals surface area contributed by atoms with Gasteiger partial charge in [-0.25, -0.2) is 0 Å². The van der Waals surface area contributed by atoms with E-state index in [1.54, 1.807) is 12.3 Å². The van der Waals surface area contributed by atoms with Crippen LogP contribution in [0.3, 0.4) is 0 Å². The lowest BCUT2D eigenvalue weighted by Crippen LogP contribution is -2.16. The number of hydrogen-bond acceptors (Lipinski definition) is 6. The molecular weight excluding hydrogens is 340 g/mol. The number of amides is 1. The van der Waals surface area contributed by atoms with Crippen LogP contribution in [0.4, 0.5) is 11.5 Å². The minimum atomic E-state index is -0.258. The van der Waals surface area contributed by atoms with Crippen LogP contribution in [-0.2, 0) is 11.2 Å². The zero-order valence-electron chi connectivity index (χ0n) is 14.8. The molecule has 2 aromatic heterocycles. The topological polar surface area (TPSA) is 118 Å². The number of rotatable bonds is 4. The number of nitrogen functional groups attached to an aromatic ring is 1. The molecule has 1 fully saturated rings. The third kappa shape index (κ3) is 3.17. The molecule has 0 aliphatic heterocycles. The minimum absolute atomic E-state index is 0.195. The summed E-state index contributed by atoms with van der Waals surface area (Å²) in [6, 6.07) is 9.70. The second-order valence-corrected chi connectivity index (χ2v) is 6.69. The Balaban J connectivity index is 1.70. The summed E-state index contributed by atoms with van der Waals surface area (Å²) in [5, 5.41) is 20.6. The predicted octanol–water partition coefficient (Wildman–Crippen LogP) is 2.93. The Labute approximate surface area is 156 Å². The molecule has 2 heterocycles. The molecular formula is C20H18N6O. The quantitative estimate of drug-likeness (QED) is 0.692. The number of benzene rings is 1. The number of pyridine rings is 1. The van der Waals surface area contributed by atoms with Crippen molar-refractivity contribution in [2.75, 3.05) is 11.1 Å². The number of fused-ring (bicyclic) bond motifs is 1. The van der Waals surface area contributed by atoms with Crippen molar-refractivity contribution >= 4 is 28.3 Å². The average Bonchev–Trinajstić information content (AvgIpc) is 3.47. The van der Waals surface area contributed by atoms with E-state index in [1.807, 2.05) is 24.4 Å². The largest absolute Gasteiger partial charge is 0.397 e. The van der Waals surface area contributed by atoms with Crippen LogP contribution in [0.15, 0.2) is 36.7 Å². The van der Waals surface area contributed by atoms with Gasteiger partial charge in [-0.05, 0) is 48.2 Å². The first-order chi connectivity index (χ1) is 13.1. The molecule has 2 unspecified atom stereocenters. The van der Waals surface area contributed by atoms with Gasteiger partial charge in [-0.2, -0.15) is 5.26 Å². The molecule has 1 amide bonds. The van der Waals surface area contributed by atoms with Gasteiger partial charge in [0.15, 0.2) is 5.82 Å². The van der Waals surface area contributed by atoms with Crippen molar-refractivity contribution in [1.82, 2.24) is 15.2 Å². The molecule has 3 aromatic rings. The van der Waals surface area contributed by atoms with Gasteiger partial charge in [0.1, 0.15) is 5.52 Å². The van der Waals surface area contributed by atoms with Crippen molar-refractivity contribution in [2.45, 2.75) is 19.8 Å². The first-order valence-corrected chi connectivity index (χ1v) is 8.81. The molecule has 0 radical (unpaired) electrons. The second kappa shape index (κ2) is 6.65. The summed E-state index contributed by atoms with van der Waals surface area (Å²) in [6.45, 7) is 2.09. The van der Waals surface area contributed by atoms with Gasteiger partial charge in [0.25, 0.3) is 0 Å². The maximum Gasteiger partial charge on any atom is 0.230 e. The highest BCUT2D eigenvalue weighted by Gasteiger charge is 2.43. The number of anilines is 2. The Bertz CT molecular complexity index is 1090. The third-order valence-corrected chi connectivity index (χ3v) is 4.87. The van der Waals surface area contributed by atoms with Crippen LogP contribution < -0.4 is 11.1 Å². The van der Waals surface area contributed by atoms with E-state index in [-0.39, 0.29) is 17.7 Å². The molecule has 0 bridgehead atoms. The first kappa shape index (κ1) is 16.9. The highest BCUT2D eigenvalue weighted by Crippen LogP contribution is 2.38. The summed E-state index contributed by atoms with van der Waals surface area (Å²) in [5.74, 6) is -0.292. The van der Waals surface area contributed by atoms with Gasteiger partial charge < -0.3 is 11.1 Å². The lowest BCUT2D eigenvalue weighted by atomic mass is 9.98. The molecule has 7 nitrogen and oxygen atoms in total. The Morgan fingerprint density at radius 2 is 2.22 bits per heavy atom. The Hall–Kier alpha value is -3.53. The zero-order chi connectivity index (χ0) is 19.0. The molecule has 134 valence electrons. The number of aryl methyl sites for hydroxylation is 1. The molecule has 27 heavy (non-hydrogen) atoms. The maximum absolute atomic E-state index is 12.2. The van der Waals surface area contributed by atoms with E-state index in [4.69, 9.17) is 11.0 Å². The van der Waals surface area contributed by atoms with Crippen LogP contribution in [0.25, 0.3) is 22.0 Å². The van der Waals surface area contributed by atoms with Gasteiger partial charge in [-0.1, -0.05) is 6.92 Å². The number of hydrogen-bond donors (Lipinski definition) is 2. The number of carbonyl (C=O) groups excluding carboxylic acids is 1. The van der Waals surface area contributed by atoms with Crippen LogP contribution in [0.5, 0.6) is 0 Å². The van der Waals surface area contributed by atoms with Crippen molar-refractivity contribution in [1.29, 1.82) is 5.26 Å². The molecule has 0 saturated heterocycles. The molecule has 1 aromatic carbocycles. The number of aromatic nitrogens is 3. The van der Waals surface area contributed by atoms with Gasteiger partial charge in [-0.15, -0.1) is 10.2 Å². The summed E-state index contributed by atoms with van der Waals surface area (Å²) in [6.07, 6.45) is 5.08. The van der Waals surface area contributed by atoms with Crippen LogP contribution in [0.2, 0.25) is 0 Å². The second-order valence-electron chi connectivity index (χ2n) is 6.69. The molecule has 7 heteroatoms. The normalized spacial score (nSPS) is 18.1. The first-order valence-electron chi connectivity index (χ1n) is 8.81. The van der Waals surface area contributed by atoms with E-state index < -0.39 is 0 Å². The maximum atomic E-state index is 12.2. The van der Waals surface area contributed by atoms with Crippen molar-refractivity contribution in [2.24, 2.45) is 11.8 Å². The summed E-state index contributed by atoms with van der Waals surface area (Å²) in [5.41, 5.74) is 10.4. The number of carbonyl (C=O) groups is 1. The summed E-state index contributed by atoms with van der Waals surface area (Å²) in [4.78, 5) is 16.4. The molecule has 4 rings (SSSR count). The number of nitrogens with zero attached hydrogens (tertiary/aromatic N) is 4. The van der Waals surface area contributed by atoms with Crippen molar-refractivity contribution in [3.05, 3.63) is 42.2 Å². The predicted molar refractivity (Wildman–Crippen MR) is 102 cm³/mol. The van der Waals surface area contributed by atoms with Crippen LogP contribution in [0, 0.1) is 23.2 Å². The highest BCUT2D eigenvalue weighted by molar-refractivity contribution is 5.98. The molecule has 3 N–H and O–H groups in total. The standard InChI is InChI=1S/C20H18N6O/c1-2-11-3-4-23-10-16(11)12-5-13-8-18(25-26-19(13)17(22)7-12)24-20(27)15-6-14(15)9-21/h3-5,7-8,10,14-15H,2,6,22H2,1H3,(H,24,25,27). The number of nitrogens with one attached hydrogen (secondary N) is 1. The molecule has 0 spiro atoms. The van der Waals surface area contributed by atoms with Gasteiger partial charge in [0, 0.05) is 23.3 Å². The third-order valence-electron chi connectivity index (χ3n) is 4.87. The fourth-order valence-electron chi connectivity index (χ4n) is 3.24. The molecule has 1 saturated carbocycles. The minimum Gasteiger partial charge on any atom is -0.397 e. The van der Waals surface area contributed by atoms with E-state index in [0.717, 1.165) is 22.9 Å². The molecule has 2 atom stereocenters. The van der Waals surface area contributed by atoms with Gasteiger partial charge in [0.05, 0.1) is 23.6 Å². The Morgan fingerprint density at radius 1 is 1.37 bits per heavy atom. The van der Waals surface area contributed by atoms with Gasteiger partial charge >= 0.3 is 0 Å². The van der Waals surface area contributed by atoms with Gasteiger partial charge in [-0.3, -0.25) is 9.78 Å². The monoisotopic (exact) mass is 358 g/mol. The van der Waals surface area contributed by atoms with Crippen molar-refractivity contribution in [3.63, 3.8) is 0 Å². The lowest BCUT2D eigenvalue weighted by Gasteiger charge is -2.11. The van der Waals surface area contributed by atoms with E-state index in [0.29, 0.717) is 23.4 Å².